The lowest BCUT2D eigenvalue weighted by atomic mass is 10.0. The van der Waals surface area contributed by atoms with Crippen molar-refractivity contribution in [2.75, 3.05) is 32.6 Å². The SMILES string of the molecule is CS(=O)c1cn(-c2ncc(-c3ccccc3C#N)cn2)c2cc(C(=O)N3CCOCC3)ccc12. The summed E-state index contributed by atoms with van der Waals surface area (Å²) in [5.41, 5.74) is 3.26. The molecule has 1 amide bonds. The first-order valence-electron chi connectivity index (χ1n) is 10.7. The van der Waals surface area contributed by atoms with E-state index in [1.54, 1.807) is 52.5 Å². The predicted molar refractivity (Wildman–Crippen MR) is 128 cm³/mol. The van der Waals surface area contributed by atoms with Gasteiger partial charge in [-0.2, -0.15) is 5.26 Å². The van der Waals surface area contributed by atoms with Gasteiger partial charge in [0.15, 0.2) is 0 Å². The van der Waals surface area contributed by atoms with Gasteiger partial charge in [-0.3, -0.25) is 13.6 Å². The first kappa shape index (κ1) is 21.9. The normalized spacial score (nSPS) is 14.6. The molecule has 34 heavy (non-hydrogen) atoms. The number of hydrogen-bond acceptors (Lipinski definition) is 6. The van der Waals surface area contributed by atoms with Crippen molar-refractivity contribution in [1.29, 1.82) is 5.26 Å². The Labute approximate surface area is 198 Å². The Morgan fingerprint density at radius 1 is 1.12 bits per heavy atom. The van der Waals surface area contributed by atoms with Gasteiger partial charge in [0.2, 0.25) is 5.95 Å². The average molecular weight is 472 g/mol. The van der Waals surface area contributed by atoms with Crippen LogP contribution in [-0.4, -0.2) is 62.1 Å². The van der Waals surface area contributed by atoms with Crippen molar-refractivity contribution in [3.05, 3.63) is 72.2 Å². The largest absolute Gasteiger partial charge is 0.378 e. The van der Waals surface area contributed by atoms with Crippen molar-refractivity contribution in [1.82, 2.24) is 19.4 Å². The predicted octanol–water partition coefficient (Wildman–Crippen LogP) is 3.17. The minimum atomic E-state index is -1.24. The summed E-state index contributed by atoms with van der Waals surface area (Å²) in [6, 6.07) is 14.8. The molecule has 5 rings (SSSR count). The van der Waals surface area contributed by atoms with Crippen LogP contribution >= 0.6 is 0 Å². The second-order valence-electron chi connectivity index (χ2n) is 7.88. The Balaban J connectivity index is 1.57. The van der Waals surface area contributed by atoms with E-state index in [0.29, 0.717) is 53.8 Å². The summed E-state index contributed by atoms with van der Waals surface area (Å²) in [6.45, 7) is 2.16. The lowest BCUT2D eigenvalue weighted by Gasteiger charge is -2.26. The fourth-order valence-corrected chi connectivity index (χ4v) is 4.83. The molecule has 9 heteroatoms. The molecule has 1 saturated heterocycles. The summed E-state index contributed by atoms with van der Waals surface area (Å²) in [7, 11) is -1.24. The molecule has 170 valence electrons. The lowest BCUT2D eigenvalue weighted by molar-refractivity contribution is 0.0303. The summed E-state index contributed by atoms with van der Waals surface area (Å²) in [5, 5.41) is 10.2. The highest BCUT2D eigenvalue weighted by Crippen LogP contribution is 2.28. The maximum atomic E-state index is 13.0. The Morgan fingerprint density at radius 3 is 2.56 bits per heavy atom. The highest BCUT2D eigenvalue weighted by molar-refractivity contribution is 7.84. The number of carbonyl (C=O) groups is 1. The lowest BCUT2D eigenvalue weighted by Crippen LogP contribution is -2.40. The molecule has 2 aromatic carbocycles. The summed E-state index contributed by atoms with van der Waals surface area (Å²) in [5.74, 6) is 0.317. The summed E-state index contributed by atoms with van der Waals surface area (Å²) in [4.78, 5) is 24.5. The number of carbonyl (C=O) groups excluding carboxylic acids is 1. The van der Waals surface area contributed by atoms with E-state index in [1.165, 1.54) is 0 Å². The topological polar surface area (TPSA) is 101 Å². The van der Waals surface area contributed by atoms with E-state index in [-0.39, 0.29) is 5.91 Å². The number of ether oxygens (including phenoxy) is 1. The van der Waals surface area contributed by atoms with Gasteiger partial charge in [0.25, 0.3) is 5.91 Å². The van der Waals surface area contributed by atoms with Crippen LogP contribution in [0.1, 0.15) is 15.9 Å². The van der Waals surface area contributed by atoms with Crippen LogP contribution in [0.15, 0.2) is 66.0 Å². The standard InChI is InChI=1S/C25H21N5O3S/c1-34(32)23-16-30(25-27-14-19(15-28-25)20-5-3-2-4-18(20)13-26)22-12-17(6-7-21(22)23)24(31)29-8-10-33-11-9-29/h2-7,12,14-16H,8-11H2,1H3. The minimum absolute atomic E-state index is 0.0681. The van der Waals surface area contributed by atoms with E-state index < -0.39 is 10.8 Å². The number of amides is 1. The monoisotopic (exact) mass is 471 g/mol. The van der Waals surface area contributed by atoms with Crippen LogP contribution in [0.4, 0.5) is 0 Å². The van der Waals surface area contributed by atoms with Crippen LogP contribution in [0.2, 0.25) is 0 Å². The van der Waals surface area contributed by atoms with Gasteiger partial charge in [0, 0.05) is 60.0 Å². The Hall–Kier alpha value is -3.87. The molecule has 4 aromatic rings. The summed E-state index contributed by atoms with van der Waals surface area (Å²) < 4.78 is 19.5. The Kier molecular flexibility index (Phi) is 5.92. The highest BCUT2D eigenvalue weighted by Gasteiger charge is 2.21. The molecule has 1 aliphatic heterocycles. The molecule has 2 aromatic heterocycles. The molecule has 8 nitrogen and oxygen atoms in total. The molecule has 0 bridgehead atoms. The van der Waals surface area contributed by atoms with Gasteiger partial charge in [-0.05, 0) is 18.2 Å². The number of benzene rings is 2. The third kappa shape index (κ3) is 3.98. The van der Waals surface area contributed by atoms with E-state index in [2.05, 4.69) is 16.0 Å². The van der Waals surface area contributed by atoms with Crippen LogP contribution < -0.4 is 0 Å². The fourth-order valence-electron chi connectivity index (χ4n) is 4.09. The zero-order valence-electron chi connectivity index (χ0n) is 18.5. The molecule has 0 spiro atoms. The van der Waals surface area contributed by atoms with Crippen molar-refractivity contribution in [3.8, 4) is 23.1 Å². The number of hydrogen-bond donors (Lipinski definition) is 0. The highest BCUT2D eigenvalue weighted by atomic mass is 32.2. The third-order valence-corrected chi connectivity index (χ3v) is 6.78. The Morgan fingerprint density at radius 2 is 1.85 bits per heavy atom. The minimum Gasteiger partial charge on any atom is -0.378 e. The number of fused-ring (bicyclic) bond motifs is 1. The molecule has 0 saturated carbocycles. The molecule has 0 radical (unpaired) electrons. The molecule has 1 unspecified atom stereocenters. The molecule has 0 aliphatic carbocycles. The van der Waals surface area contributed by atoms with E-state index >= 15 is 0 Å². The van der Waals surface area contributed by atoms with E-state index in [0.717, 1.165) is 16.5 Å². The van der Waals surface area contributed by atoms with Gasteiger partial charge in [0.05, 0.1) is 46.1 Å². The van der Waals surface area contributed by atoms with Crippen molar-refractivity contribution >= 4 is 27.6 Å². The summed E-state index contributed by atoms with van der Waals surface area (Å²) in [6.07, 6.45) is 6.70. The smallest absolute Gasteiger partial charge is 0.254 e. The van der Waals surface area contributed by atoms with Crippen LogP contribution in [0.3, 0.4) is 0 Å². The number of aromatic nitrogens is 3. The number of nitrogens with zero attached hydrogens (tertiary/aromatic N) is 5. The maximum absolute atomic E-state index is 13.0. The molecule has 3 heterocycles. The molecule has 0 N–H and O–H groups in total. The molecular weight excluding hydrogens is 450 g/mol. The number of morpholine rings is 1. The second kappa shape index (κ2) is 9.17. The van der Waals surface area contributed by atoms with E-state index in [1.807, 2.05) is 24.3 Å². The zero-order chi connectivity index (χ0) is 23.7. The van der Waals surface area contributed by atoms with Crippen LogP contribution in [0.5, 0.6) is 0 Å². The zero-order valence-corrected chi connectivity index (χ0v) is 19.3. The van der Waals surface area contributed by atoms with Gasteiger partial charge in [-0.15, -0.1) is 0 Å². The van der Waals surface area contributed by atoms with Crippen molar-refractivity contribution in [2.24, 2.45) is 0 Å². The van der Waals surface area contributed by atoms with Gasteiger partial charge >= 0.3 is 0 Å². The van der Waals surface area contributed by atoms with Crippen molar-refractivity contribution in [3.63, 3.8) is 0 Å². The van der Waals surface area contributed by atoms with Crippen LogP contribution in [0, 0.1) is 11.3 Å². The van der Waals surface area contributed by atoms with Gasteiger partial charge in [-0.1, -0.05) is 24.3 Å². The number of nitriles is 1. The first-order chi connectivity index (χ1) is 16.6. The van der Waals surface area contributed by atoms with Crippen molar-refractivity contribution in [2.45, 2.75) is 4.90 Å². The van der Waals surface area contributed by atoms with E-state index in [4.69, 9.17) is 4.74 Å². The van der Waals surface area contributed by atoms with Gasteiger partial charge in [0.1, 0.15) is 0 Å². The Bertz CT molecular complexity index is 1450. The van der Waals surface area contributed by atoms with Crippen LogP contribution in [-0.2, 0) is 15.5 Å². The van der Waals surface area contributed by atoms with Gasteiger partial charge < -0.3 is 9.64 Å². The second-order valence-corrected chi connectivity index (χ2v) is 9.23. The molecule has 1 aliphatic rings. The van der Waals surface area contributed by atoms with Gasteiger partial charge in [-0.25, -0.2) is 9.97 Å². The molecular formula is C25H21N5O3S. The van der Waals surface area contributed by atoms with E-state index in [9.17, 15) is 14.3 Å². The maximum Gasteiger partial charge on any atom is 0.254 e. The number of rotatable bonds is 4. The quantitative estimate of drug-likeness (QED) is 0.453. The first-order valence-corrected chi connectivity index (χ1v) is 12.3. The van der Waals surface area contributed by atoms with Crippen LogP contribution in [0.25, 0.3) is 28.0 Å². The average Bonchev–Trinajstić information content (AvgIpc) is 3.28. The molecule has 1 atom stereocenters. The van der Waals surface area contributed by atoms with Crippen molar-refractivity contribution < 1.29 is 13.7 Å². The third-order valence-electron chi connectivity index (χ3n) is 5.84. The summed E-state index contributed by atoms with van der Waals surface area (Å²) >= 11 is 0. The molecule has 1 fully saturated rings. The fraction of sp³-hybridized carbons (Fsp3) is 0.200.